The summed E-state index contributed by atoms with van der Waals surface area (Å²) >= 11 is 0. The van der Waals surface area contributed by atoms with E-state index >= 15 is 0 Å². The molecule has 2 fully saturated rings. The fraction of sp³-hybridized carbons (Fsp3) is 1.00. The summed E-state index contributed by atoms with van der Waals surface area (Å²) in [5.41, 5.74) is 0. The number of aliphatic hydroxyl groups excluding tert-OH is 1. The minimum Gasteiger partial charge on any atom is -0.393 e. The average molecular weight is 280 g/mol. The largest absolute Gasteiger partial charge is 0.393 e. The van der Waals surface area contributed by atoms with Crippen LogP contribution in [0.2, 0.25) is 0 Å². The summed E-state index contributed by atoms with van der Waals surface area (Å²) in [6.07, 6.45) is -5.00. The van der Waals surface area contributed by atoms with Crippen LogP contribution in [0, 0.1) is 17.8 Å². The average Bonchev–Trinajstić information content (AvgIpc) is 2.36. The first-order valence-corrected chi connectivity index (χ1v) is 7.19. The highest BCUT2D eigenvalue weighted by Gasteiger charge is 2.53. The Kier molecular flexibility index (Phi) is 4.77. The number of halogens is 3. The van der Waals surface area contributed by atoms with Gasteiger partial charge < -0.3 is 9.84 Å². The van der Waals surface area contributed by atoms with Gasteiger partial charge in [0.2, 0.25) is 0 Å². The van der Waals surface area contributed by atoms with Crippen molar-refractivity contribution in [3.63, 3.8) is 0 Å². The van der Waals surface area contributed by atoms with Gasteiger partial charge in [-0.15, -0.1) is 0 Å². The molecule has 2 rings (SSSR count). The van der Waals surface area contributed by atoms with E-state index in [0.717, 1.165) is 0 Å². The van der Waals surface area contributed by atoms with Gasteiger partial charge in [0.05, 0.1) is 12.2 Å². The summed E-state index contributed by atoms with van der Waals surface area (Å²) < 4.78 is 47.8. The Bertz CT molecular complexity index is 298. The summed E-state index contributed by atoms with van der Waals surface area (Å²) in [4.78, 5) is 0. The Morgan fingerprint density at radius 3 is 2.42 bits per heavy atom. The number of hydrogen-bond donors (Lipinski definition) is 1. The van der Waals surface area contributed by atoms with Crippen LogP contribution < -0.4 is 0 Å². The van der Waals surface area contributed by atoms with E-state index in [1.165, 1.54) is 6.92 Å². The maximum atomic E-state index is 14.3. The van der Waals surface area contributed by atoms with Crippen molar-refractivity contribution in [1.29, 1.82) is 0 Å². The lowest BCUT2D eigenvalue weighted by Crippen LogP contribution is -2.54. The molecule has 19 heavy (non-hydrogen) atoms. The molecule has 2 saturated carbocycles. The highest BCUT2D eigenvalue weighted by atomic mass is 19.2. The van der Waals surface area contributed by atoms with Crippen LogP contribution in [0.1, 0.15) is 33.1 Å². The van der Waals surface area contributed by atoms with Crippen LogP contribution in [0.5, 0.6) is 0 Å². The van der Waals surface area contributed by atoms with Crippen molar-refractivity contribution in [1.82, 2.24) is 0 Å². The van der Waals surface area contributed by atoms with E-state index in [1.54, 1.807) is 6.92 Å². The van der Waals surface area contributed by atoms with Crippen LogP contribution in [-0.4, -0.2) is 42.4 Å². The van der Waals surface area contributed by atoms with Crippen molar-refractivity contribution in [2.24, 2.45) is 17.8 Å². The molecule has 1 N–H and O–H groups in total. The van der Waals surface area contributed by atoms with Crippen LogP contribution in [0.15, 0.2) is 0 Å². The lowest BCUT2D eigenvalue weighted by Gasteiger charge is -2.47. The molecule has 2 nitrogen and oxygen atoms in total. The van der Waals surface area contributed by atoms with Crippen molar-refractivity contribution in [3.05, 3.63) is 0 Å². The highest BCUT2D eigenvalue weighted by Crippen LogP contribution is 2.47. The number of ether oxygens (including phenoxy) is 1. The first-order valence-electron chi connectivity index (χ1n) is 7.19. The molecule has 0 spiro atoms. The van der Waals surface area contributed by atoms with Gasteiger partial charge in [-0.25, -0.2) is 13.2 Å². The zero-order valence-corrected chi connectivity index (χ0v) is 11.4. The van der Waals surface area contributed by atoms with E-state index < -0.39 is 42.6 Å². The summed E-state index contributed by atoms with van der Waals surface area (Å²) in [5.74, 6) is -1.82. The molecule has 0 heterocycles. The number of alkyl halides is 3. The summed E-state index contributed by atoms with van der Waals surface area (Å²) in [5, 5.41) is 9.53. The maximum Gasteiger partial charge on any atom is 0.137 e. The van der Waals surface area contributed by atoms with E-state index in [9.17, 15) is 18.3 Å². The Hall–Kier alpha value is -0.290. The highest BCUT2D eigenvalue weighted by molar-refractivity contribution is 5.01. The SMILES string of the molecule is CCOC1CCC2CC(C(C)O)C(F)C(F)C2C1F. The van der Waals surface area contributed by atoms with E-state index in [4.69, 9.17) is 4.74 Å². The molecule has 112 valence electrons. The molecule has 0 aliphatic heterocycles. The van der Waals surface area contributed by atoms with Gasteiger partial charge in [-0.05, 0) is 39.0 Å². The summed E-state index contributed by atoms with van der Waals surface area (Å²) in [6.45, 7) is 3.63. The molecule has 0 bridgehead atoms. The third-order valence-corrected chi connectivity index (χ3v) is 4.75. The second kappa shape index (κ2) is 6.00. The zero-order chi connectivity index (χ0) is 14.2. The minimum atomic E-state index is -1.84. The third kappa shape index (κ3) is 2.77. The van der Waals surface area contributed by atoms with Crippen LogP contribution in [0.3, 0.4) is 0 Å². The molecular formula is C14H23F3O2. The Labute approximate surface area is 112 Å². The second-order valence-corrected chi connectivity index (χ2v) is 5.88. The molecule has 0 aromatic heterocycles. The molecular weight excluding hydrogens is 257 g/mol. The molecule has 5 heteroatoms. The quantitative estimate of drug-likeness (QED) is 0.861. The van der Waals surface area contributed by atoms with Crippen LogP contribution in [-0.2, 0) is 4.74 Å². The Balaban J connectivity index is 2.12. The fourth-order valence-corrected chi connectivity index (χ4v) is 3.73. The minimum absolute atomic E-state index is 0.187. The van der Waals surface area contributed by atoms with Crippen molar-refractivity contribution < 1.29 is 23.0 Å². The molecule has 2 aliphatic rings. The topological polar surface area (TPSA) is 29.5 Å². The molecule has 0 aromatic carbocycles. The molecule has 0 aromatic rings. The first-order chi connectivity index (χ1) is 8.97. The predicted octanol–water partition coefficient (Wildman–Crippen LogP) is 2.83. The number of fused-ring (bicyclic) bond motifs is 1. The molecule has 0 radical (unpaired) electrons. The van der Waals surface area contributed by atoms with Gasteiger partial charge in [0.25, 0.3) is 0 Å². The van der Waals surface area contributed by atoms with Gasteiger partial charge >= 0.3 is 0 Å². The summed E-state index contributed by atoms with van der Waals surface area (Å²) in [7, 11) is 0. The lowest BCUT2D eigenvalue weighted by molar-refractivity contribution is -0.134. The normalized spacial score (nSPS) is 48.6. The number of rotatable bonds is 3. The molecule has 8 unspecified atom stereocenters. The van der Waals surface area contributed by atoms with Crippen molar-refractivity contribution in [3.8, 4) is 0 Å². The Morgan fingerprint density at radius 1 is 1.16 bits per heavy atom. The maximum absolute atomic E-state index is 14.3. The Morgan fingerprint density at radius 2 is 1.84 bits per heavy atom. The lowest BCUT2D eigenvalue weighted by atomic mass is 9.63. The number of aliphatic hydroxyl groups is 1. The van der Waals surface area contributed by atoms with Crippen LogP contribution in [0.25, 0.3) is 0 Å². The zero-order valence-electron chi connectivity index (χ0n) is 11.4. The summed E-state index contributed by atoms with van der Waals surface area (Å²) in [6, 6.07) is 0. The van der Waals surface area contributed by atoms with Gasteiger partial charge in [-0.3, -0.25) is 0 Å². The van der Waals surface area contributed by atoms with E-state index in [1.807, 2.05) is 0 Å². The van der Waals surface area contributed by atoms with Gasteiger partial charge in [0.15, 0.2) is 0 Å². The molecule has 0 amide bonds. The smallest absolute Gasteiger partial charge is 0.137 e. The first kappa shape index (κ1) is 15.1. The predicted molar refractivity (Wildman–Crippen MR) is 66.1 cm³/mol. The van der Waals surface area contributed by atoms with E-state index in [-0.39, 0.29) is 5.92 Å². The fourth-order valence-electron chi connectivity index (χ4n) is 3.73. The van der Waals surface area contributed by atoms with Gasteiger partial charge in [0.1, 0.15) is 18.5 Å². The van der Waals surface area contributed by atoms with Crippen molar-refractivity contribution in [2.75, 3.05) is 6.61 Å². The monoisotopic (exact) mass is 280 g/mol. The van der Waals surface area contributed by atoms with Gasteiger partial charge in [0, 0.05) is 18.4 Å². The van der Waals surface area contributed by atoms with Gasteiger partial charge in [-0.2, -0.15) is 0 Å². The number of hydrogen-bond acceptors (Lipinski definition) is 2. The van der Waals surface area contributed by atoms with Crippen LogP contribution >= 0.6 is 0 Å². The molecule has 8 atom stereocenters. The molecule has 0 saturated heterocycles. The van der Waals surface area contributed by atoms with Crippen molar-refractivity contribution >= 4 is 0 Å². The molecule has 2 aliphatic carbocycles. The second-order valence-electron chi connectivity index (χ2n) is 5.88. The van der Waals surface area contributed by atoms with E-state index in [2.05, 4.69) is 0 Å². The third-order valence-electron chi connectivity index (χ3n) is 4.75. The van der Waals surface area contributed by atoms with Gasteiger partial charge in [-0.1, -0.05) is 0 Å². The van der Waals surface area contributed by atoms with E-state index in [0.29, 0.717) is 25.9 Å². The van der Waals surface area contributed by atoms with Crippen molar-refractivity contribution in [2.45, 2.75) is 63.8 Å². The standard InChI is InChI=1S/C14H23F3O2/c1-3-19-10-5-4-8-6-9(7(2)18)12(15)14(17)11(8)13(10)16/h7-14,18H,3-6H2,1-2H3. The van der Waals surface area contributed by atoms with Crippen LogP contribution in [0.4, 0.5) is 13.2 Å².